The molecule has 2 aromatic carbocycles. The number of benzene rings is 2. The van der Waals surface area contributed by atoms with E-state index >= 15 is 0 Å². The van der Waals surface area contributed by atoms with Crippen molar-refractivity contribution in [2.75, 3.05) is 7.05 Å². The van der Waals surface area contributed by atoms with Crippen molar-refractivity contribution < 1.29 is 27.1 Å². The summed E-state index contributed by atoms with van der Waals surface area (Å²) in [5.74, 6) is -1.69. The first-order valence-electron chi connectivity index (χ1n) is 7.89. The molecule has 0 saturated carbocycles. The smallest absolute Gasteiger partial charge is 0.279 e. The normalized spacial score (nSPS) is 12.1. The van der Waals surface area contributed by atoms with Crippen molar-refractivity contribution >= 4 is 33.4 Å². The maximum Gasteiger partial charge on any atom is 0.279 e. The average Bonchev–Trinajstić information content (AvgIpc) is 2.67. The van der Waals surface area contributed by atoms with E-state index in [9.17, 15) is 22.4 Å². The van der Waals surface area contributed by atoms with E-state index in [1.165, 1.54) is 50.4 Å². The summed E-state index contributed by atoms with van der Waals surface area (Å²) in [4.78, 5) is 24.1. The van der Waals surface area contributed by atoms with Gasteiger partial charge in [-0.3, -0.25) is 20.4 Å². The third-order valence-electron chi connectivity index (χ3n) is 3.56. The van der Waals surface area contributed by atoms with Crippen LogP contribution in [0.25, 0.3) is 0 Å². The number of hydrogen-bond acceptors (Lipinski definition) is 5. The quantitative estimate of drug-likeness (QED) is 0.604. The number of sulfonamides is 1. The molecule has 0 radical (unpaired) electrons. The zero-order valence-corrected chi connectivity index (χ0v) is 16.4. The number of carbonyl (C=O) groups is 2. The van der Waals surface area contributed by atoms with Crippen molar-refractivity contribution in [2.45, 2.75) is 17.9 Å². The van der Waals surface area contributed by atoms with E-state index in [2.05, 4.69) is 15.6 Å². The molecule has 2 amide bonds. The van der Waals surface area contributed by atoms with Gasteiger partial charge in [0.1, 0.15) is 11.6 Å². The zero-order chi connectivity index (χ0) is 20.9. The van der Waals surface area contributed by atoms with Crippen LogP contribution in [0.15, 0.2) is 47.4 Å². The van der Waals surface area contributed by atoms with Crippen molar-refractivity contribution in [3.8, 4) is 5.75 Å². The fourth-order valence-electron chi connectivity index (χ4n) is 2.02. The summed E-state index contributed by atoms with van der Waals surface area (Å²) < 4.78 is 44.0. The minimum Gasteiger partial charge on any atom is -0.481 e. The van der Waals surface area contributed by atoms with Gasteiger partial charge >= 0.3 is 0 Å². The molecule has 3 N–H and O–H groups in total. The van der Waals surface area contributed by atoms with E-state index in [0.717, 1.165) is 6.07 Å². The van der Waals surface area contributed by atoms with Crippen LogP contribution in [0.2, 0.25) is 5.02 Å². The summed E-state index contributed by atoms with van der Waals surface area (Å²) in [5.41, 5.74) is 4.14. The maximum atomic E-state index is 12.9. The Morgan fingerprint density at radius 2 is 1.75 bits per heavy atom. The largest absolute Gasteiger partial charge is 0.481 e. The third kappa shape index (κ3) is 5.41. The standard InChI is InChI=1S/C17H17ClFN3O5S/c1-10(27-12-5-3-11(19)4-6-12)16(23)21-22-17(24)14-9-13(7-8-15(14)18)28(25,26)20-2/h3-10,20H,1-2H3,(H,21,23)(H,22,24). The molecule has 0 aliphatic rings. The molecule has 0 spiro atoms. The van der Waals surface area contributed by atoms with Crippen LogP contribution >= 0.6 is 11.6 Å². The van der Waals surface area contributed by atoms with Crippen molar-refractivity contribution in [1.29, 1.82) is 0 Å². The summed E-state index contributed by atoms with van der Waals surface area (Å²) in [6, 6.07) is 8.63. The second kappa shape index (κ2) is 9.00. The molecule has 0 fully saturated rings. The van der Waals surface area contributed by atoms with E-state index in [1.54, 1.807) is 0 Å². The molecule has 0 aliphatic heterocycles. The molecule has 0 aromatic heterocycles. The molecule has 11 heteroatoms. The van der Waals surface area contributed by atoms with Crippen LogP contribution in [0, 0.1) is 5.82 Å². The topological polar surface area (TPSA) is 114 Å². The minimum absolute atomic E-state index is 0.00240. The number of rotatable bonds is 6. The van der Waals surface area contributed by atoms with Crippen LogP contribution in [0.3, 0.4) is 0 Å². The van der Waals surface area contributed by atoms with Crippen LogP contribution in [0.4, 0.5) is 4.39 Å². The Kier molecular flexibility index (Phi) is 6.95. The van der Waals surface area contributed by atoms with E-state index < -0.39 is 33.8 Å². The van der Waals surface area contributed by atoms with Gasteiger partial charge < -0.3 is 4.74 Å². The van der Waals surface area contributed by atoms with Crippen LogP contribution in [0.5, 0.6) is 5.75 Å². The predicted octanol–water partition coefficient (Wildman–Crippen LogP) is 1.62. The lowest BCUT2D eigenvalue weighted by Gasteiger charge is -2.15. The van der Waals surface area contributed by atoms with Crippen LogP contribution in [-0.4, -0.2) is 33.4 Å². The molecule has 8 nitrogen and oxygen atoms in total. The summed E-state index contributed by atoms with van der Waals surface area (Å²) >= 11 is 5.94. The zero-order valence-electron chi connectivity index (χ0n) is 14.8. The Morgan fingerprint density at radius 3 is 2.36 bits per heavy atom. The fraction of sp³-hybridized carbons (Fsp3) is 0.176. The SMILES string of the molecule is CNS(=O)(=O)c1ccc(Cl)c(C(=O)NNC(=O)C(C)Oc2ccc(F)cc2)c1. The van der Waals surface area contributed by atoms with Crippen molar-refractivity contribution in [3.05, 3.63) is 58.9 Å². The first-order valence-corrected chi connectivity index (χ1v) is 9.75. The number of nitrogens with one attached hydrogen (secondary N) is 3. The number of ether oxygens (including phenoxy) is 1. The molecule has 2 rings (SSSR count). The van der Waals surface area contributed by atoms with Crippen LogP contribution < -0.4 is 20.3 Å². The molecule has 0 aliphatic carbocycles. The van der Waals surface area contributed by atoms with Crippen molar-refractivity contribution in [1.82, 2.24) is 15.6 Å². The van der Waals surface area contributed by atoms with Gasteiger partial charge in [0.05, 0.1) is 15.5 Å². The summed E-state index contributed by atoms with van der Waals surface area (Å²) in [5, 5.41) is -0.00240. The molecule has 28 heavy (non-hydrogen) atoms. The van der Waals surface area contributed by atoms with E-state index in [0.29, 0.717) is 0 Å². The van der Waals surface area contributed by atoms with Crippen molar-refractivity contribution in [2.24, 2.45) is 0 Å². The highest BCUT2D eigenvalue weighted by atomic mass is 35.5. The van der Waals surface area contributed by atoms with E-state index in [4.69, 9.17) is 16.3 Å². The highest BCUT2D eigenvalue weighted by molar-refractivity contribution is 7.89. The number of halogens is 2. The summed E-state index contributed by atoms with van der Waals surface area (Å²) in [6.45, 7) is 1.43. The molecule has 2 aromatic rings. The Hall–Kier alpha value is -2.69. The van der Waals surface area contributed by atoms with Crippen LogP contribution in [0.1, 0.15) is 17.3 Å². The molecule has 0 heterocycles. The summed E-state index contributed by atoms with van der Waals surface area (Å²) in [6.07, 6.45) is -1.00. The molecule has 1 atom stereocenters. The lowest BCUT2D eigenvalue weighted by Crippen LogP contribution is -2.47. The van der Waals surface area contributed by atoms with Gasteiger partial charge in [0.25, 0.3) is 11.8 Å². The van der Waals surface area contributed by atoms with Gasteiger partial charge in [-0.05, 0) is 56.4 Å². The summed E-state index contributed by atoms with van der Waals surface area (Å²) in [7, 11) is -2.55. The number of amides is 2. The van der Waals surface area contributed by atoms with Gasteiger partial charge in [-0.1, -0.05) is 11.6 Å². The predicted molar refractivity (Wildman–Crippen MR) is 99.8 cm³/mol. The monoisotopic (exact) mass is 429 g/mol. The number of carbonyl (C=O) groups excluding carboxylic acids is 2. The lowest BCUT2D eigenvalue weighted by atomic mass is 10.2. The van der Waals surface area contributed by atoms with Gasteiger partial charge in [-0.2, -0.15) is 0 Å². The van der Waals surface area contributed by atoms with Crippen molar-refractivity contribution in [3.63, 3.8) is 0 Å². The first-order chi connectivity index (χ1) is 13.1. The van der Waals surface area contributed by atoms with Gasteiger partial charge in [0.15, 0.2) is 6.10 Å². The Balaban J connectivity index is 2.02. The number of hydrogen-bond donors (Lipinski definition) is 3. The molecular formula is C17H17ClFN3O5S. The Morgan fingerprint density at radius 1 is 1.11 bits per heavy atom. The van der Waals surface area contributed by atoms with E-state index in [-0.39, 0.29) is 21.2 Å². The van der Waals surface area contributed by atoms with Crippen LogP contribution in [-0.2, 0) is 14.8 Å². The Bertz CT molecular complexity index is 983. The highest BCUT2D eigenvalue weighted by Gasteiger charge is 2.19. The number of hydrazine groups is 1. The molecule has 0 saturated heterocycles. The second-order valence-electron chi connectivity index (χ2n) is 5.51. The molecule has 150 valence electrons. The molecule has 0 bridgehead atoms. The van der Waals surface area contributed by atoms with Gasteiger partial charge in [0.2, 0.25) is 10.0 Å². The third-order valence-corrected chi connectivity index (χ3v) is 5.30. The Labute approximate surface area is 166 Å². The molecule has 1 unspecified atom stereocenters. The van der Waals surface area contributed by atoms with Gasteiger partial charge in [0, 0.05) is 0 Å². The fourth-order valence-corrected chi connectivity index (χ4v) is 2.98. The lowest BCUT2D eigenvalue weighted by molar-refractivity contribution is -0.128. The van der Waals surface area contributed by atoms with Gasteiger partial charge in [-0.15, -0.1) is 0 Å². The van der Waals surface area contributed by atoms with E-state index in [1.807, 2.05) is 0 Å². The van der Waals surface area contributed by atoms with Gasteiger partial charge in [-0.25, -0.2) is 17.5 Å². The minimum atomic E-state index is -3.78. The first kappa shape index (κ1) is 21.6. The highest BCUT2D eigenvalue weighted by Crippen LogP contribution is 2.20. The maximum absolute atomic E-state index is 12.9. The molecular weight excluding hydrogens is 413 g/mol. The second-order valence-corrected chi connectivity index (χ2v) is 7.80. The average molecular weight is 430 g/mol.